The van der Waals surface area contributed by atoms with Crippen molar-refractivity contribution in [1.29, 1.82) is 0 Å². The molecule has 0 amide bonds. The minimum absolute atomic E-state index is 0.153. The maximum atomic E-state index is 13.0. The van der Waals surface area contributed by atoms with Crippen molar-refractivity contribution in [2.75, 3.05) is 26.8 Å². The van der Waals surface area contributed by atoms with Gasteiger partial charge < -0.3 is 14.0 Å². The Kier molecular flexibility index (Phi) is 7.47. The number of esters is 1. The van der Waals surface area contributed by atoms with Gasteiger partial charge in [0.15, 0.2) is 0 Å². The number of hydrogen-bond acceptors (Lipinski definition) is 6. The number of nitrogens with zero attached hydrogens (tertiary/aromatic N) is 4. The molecule has 1 aliphatic rings. The molecule has 3 heterocycles. The van der Waals surface area contributed by atoms with Crippen LogP contribution in [-0.4, -0.2) is 52.0 Å². The fraction of sp³-hybridized carbons (Fsp3) is 0.423. The molecule has 0 spiro atoms. The molecule has 2 aromatic heterocycles. The lowest BCUT2D eigenvalue weighted by atomic mass is 10.1. The first-order valence-electron chi connectivity index (χ1n) is 11.7. The standard InChI is InChI=1S/C26H32N4O4/c1-19-21(17-27-28(19)2)18-29-12-11-22-25(26(32)33-3)23(16-24(31)30(22)14-13-29)34-15-7-10-20-8-5-4-6-9-20/h4-6,8-9,16-17H,7,10-15,18H2,1-3H3. The topological polar surface area (TPSA) is 78.6 Å². The molecule has 0 saturated carbocycles. The molecule has 8 nitrogen and oxygen atoms in total. The SMILES string of the molecule is COC(=O)c1c(OCCCc2ccccc2)cc(=O)n2c1CCN(Cc1cnn(C)c1C)CC2. The van der Waals surface area contributed by atoms with E-state index < -0.39 is 5.97 Å². The number of methoxy groups -OCH3 is 1. The molecule has 1 aromatic carbocycles. The van der Waals surface area contributed by atoms with Crippen LogP contribution < -0.4 is 10.3 Å². The van der Waals surface area contributed by atoms with E-state index in [1.165, 1.54) is 18.7 Å². The van der Waals surface area contributed by atoms with E-state index in [1.807, 2.05) is 36.1 Å². The summed E-state index contributed by atoms with van der Waals surface area (Å²) < 4.78 is 14.6. The molecule has 0 atom stereocenters. The Labute approximate surface area is 199 Å². The Balaban J connectivity index is 1.51. The van der Waals surface area contributed by atoms with Gasteiger partial charge in [0, 0.05) is 62.7 Å². The Morgan fingerprint density at radius 2 is 1.94 bits per heavy atom. The van der Waals surface area contributed by atoms with Crippen LogP contribution in [0.4, 0.5) is 0 Å². The number of benzene rings is 1. The monoisotopic (exact) mass is 464 g/mol. The summed E-state index contributed by atoms with van der Waals surface area (Å²) >= 11 is 0. The molecule has 3 aromatic rings. The van der Waals surface area contributed by atoms with Crippen LogP contribution in [0.3, 0.4) is 0 Å². The number of aromatic nitrogens is 3. The lowest BCUT2D eigenvalue weighted by Gasteiger charge is -2.19. The lowest BCUT2D eigenvalue weighted by Crippen LogP contribution is -2.29. The molecular formula is C26H32N4O4. The average molecular weight is 465 g/mol. The second-order valence-corrected chi connectivity index (χ2v) is 8.65. The third kappa shape index (κ3) is 5.22. The average Bonchev–Trinajstić information content (AvgIpc) is 3.03. The molecule has 0 bridgehead atoms. The molecule has 0 saturated heterocycles. The molecule has 180 valence electrons. The van der Waals surface area contributed by atoms with Crippen molar-refractivity contribution in [3.63, 3.8) is 0 Å². The van der Waals surface area contributed by atoms with E-state index in [2.05, 4.69) is 29.1 Å². The maximum Gasteiger partial charge on any atom is 0.343 e. The van der Waals surface area contributed by atoms with E-state index in [1.54, 1.807) is 4.57 Å². The highest BCUT2D eigenvalue weighted by Crippen LogP contribution is 2.25. The number of rotatable bonds is 8. The third-order valence-corrected chi connectivity index (χ3v) is 6.52. The molecule has 0 unspecified atom stereocenters. The first kappa shape index (κ1) is 23.8. The molecule has 8 heteroatoms. The van der Waals surface area contributed by atoms with Gasteiger partial charge in [0.2, 0.25) is 0 Å². The predicted octanol–water partition coefficient (Wildman–Crippen LogP) is 2.75. The van der Waals surface area contributed by atoms with Gasteiger partial charge in [-0.25, -0.2) is 4.79 Å². The number of ether oxygens (including phenoxy) is 2. The van der Waals surface area contributed by atoms with Crippen molar-refractivity contribution < 1.29 is 14.3 Å². The zero-order valence-corrected chi connectivity index (χ0v) is 20.1. The zero-order valence-electron chi connectivity index (χ0n) is 20.1. The van der Waals surface area contributed by atoms with E-state index in [0.717, 1.165) is 37.2 Å². The maximum absolute atomic E-state index is 13.0. The molecular weight excluding hydrogens is 432 g/mol. The second kappa shape index (κ2) is 10.7. The van der Waals surface area contributed by atoms with Crippen molar-refractivity contribution in [3.8, 4) is 5.75 Å². The van der Waals surface area contributed by atoms with E-state index >= 15 is 0 Å². The van der Waals surface area contributed by atoms with E-state index in [4.69, 9.17) is 9.47 Å². The molecule has 0 fully saturated rings. The Bertz CT molecular complexity index is 1200. The summed E-state index contributed by atoms with van der Waals surface area (Å²) in [7, 11) is 3.29. The minimum Gasteiger partial charge on any atom is -0.492 e. The molecule has 4 rings (SSSR count). The van der Waals surface area contributed by atoms with Gasteiger partial charge in [-0.15, -0.1) is 0 Å². The fourth-order valence-electron chi connectivity index (χ4n) is 4.43. The highest BCUT2D eigenvalue weighted by atomic mass is 16.5. The van der Waals surface area contributed by atoms with E-state index in [9.17, 15) is 9.59 Å². The number of hydrogen-bond donors (Lipinski definition) is 0. The highest BCUT2D eigenvalue weighted by molar-refractivity contribution is 5.93. The number of aryl methyl sites for hydroxylation is 2. The summed E-state index contributed by atoms with van der Waals surface area (Å²) in [6, 6.07) is 11.6. The van der Waals surface area contributed by atoms with Gasteiger partial charge in [0.25, 0.3) is 5.56 Å². The zero-order chi connectivity index (χ0) is 24.1. The Morgan fingerprint density at radius 3 is 2.65 bits per heavy atom. The van der Waals surface area contributed by atoms with Crippen molar-refractivity contribution in [1.82, 2.24) is 19.2 Å². The molecule has 1 aliphatic heterocycles. The number of fused-ring (bicyclic) bond motifs is 1. The van der Waals surface area contributed by atoms with Crippen LogP contribution in [0.5, 0.6) is 5.75 Å². The normalized spacial score (nSPS) is 13.9. The molecule has 0 radical (unpaired) electrons. The fourth-order valence-corrected chi connectivity index (χ4v) is 4.43. The largest absolute Gasteiger partial charge is 0.492 e. The number of carbonyl (C=O) groups is 1. The van der Waals surface area contributed by atoms with Gasteiger partial charge in [-0.3, -0.25) is 14.4 Å². The van der Waals surface area contributed by atoms with Gasteiger partial charge in [-0.1, -0.05) is 30.3 Å². The quantitative estimate of drug-likeness (QED) is 0.377. The molecule has 34 heavy (non-hydrogen) atoms. The lowest BCUT2D eigenvalue weighted by molar-refractivity contribution is 0.0593. The van der Waals surface area contributed by atoms with Crippen LogP contribution in [0.2, 0.25) is 0 Å². The van der Waals surface area contributed by atoms with Gasteiger partial charge >= 0.3 is 5.97 Å². The van der Waals surface area contributed by atoms with Gasteiger partial charge in [-0.2, -0.15) is 5.10 Å². The molecule has 0 N–H and O–H groups in total. The minimum atomic E-state index is -0.474. The van der Waals surface area contributed by atoms with E-state index in [-0.39, 0.29) is 5.56 Å². The van der Waals surface area contributed by atoms with Crippen LogP contribution in [0.15, 0.2) is 47.4 Å². The second-order valence-electron chi connectivity index (χ2n) is 8.65. The van der Waals surface area contributed by atoms with Crippen LogP contribution in [0, 0.1) is 6.92 Å². The first-order valence-corrected chi connectivity index (χ1v) is 11.7. The Morgan fingerprint density at radius 1 is 1.15 bits per heavy atom. The number of pyridine rings is 1. The van der Waals surface area contributed by atoms with Crippen molar-refractivity contribution in [2.24, 2.45) is 7.05 Å². The predicted molar refractivity (Wildman–Crippen MR) is 129 cm³/mol. The first-order chi connectivity index (χ1) is 16.5. The van der Waals surface area contributed by atoms with Crippen LogP contribution in [0.1, 0.15) is 39.3 Å². The van der Waals surface area contributed by atoms with E-state index in [0.29, 0.717) is 43.1 Å². The van der Waals surface area contributed by atoms with Gasteiger partial charge in [0.1, 0.15) is 11.3 Å². The Hall–Kier alpha value is -3.39. The van der Waals surface area contributed by atoms with Crippen molar-refractivity contribution in [2.45, 2.75) is 39.3 Å². The number of carbonyl (C=O) groups excluding carboxylic acids is 1. The molecule has 0 aliphatic carbocycles. The highest BCUT2D eigenvalue weighted by Gasteiger charge is 2.26. The summed E-state index contributed by atoms with van der Waals surface area (Å²) in [4.78, 5) is 28.0. The summed E-state index contributed by atoms with van der Waals surface area (Å²) in [5.74, 6) is -0.161. The smallest absolute Gasteiger partial charge is 0.343 e. The van der Waals surface area contributed by atoms with Crippen LogP contribution >= 0.6 is 0 Å². The third-order valence-electron chi connectivity index (χ3n) is 6.52. The summed E-state index contributed by atoms with van der Waals surface area (Å²) in [5.41, 5.74) is 4.41. The summed E-state index contributed by atoms with van der Waals surface area (Å²) in [5, 5.41) is 4.33. The van der Waals surface area contributed by atoms with Gasteiger partial charge in [0.05, 0.1) is 19.9 Å². The van der Waals surface area contributed by atoms with Crippen LogP contribution in [-0.2, 0) is 37.7 Å². The van der Waals surface area contributed by atoms with Crippen molar-refractivity contribution in [3.05, 3.63) is 81.0 Å². The summed E-state index contributed by atoms with van der Waals surface area (Å²) in [6.07, 6.45) is 4.09. The van der Waals surface area contributed by atoms with Crippen molar-refractivity contribution >= 4 is 5.97 Å². The van der Waals surface area contributed by atoms with Crippen LogP contribution in [0.25, 0.3) is 0 Å². The van der Waals surface area contributed by atoms with Gasteiger partial charge in [-0.05, 0) is 25.3 Å². The summed E-state index contributed by atoms with van der Waals surface area (Å²) in [6.45, 7) is 5.14.